The Bertz CT molecular complexity index is 1050. The zero-order valence-corrected chi connectivity index (χ0v) is 24.8. The fraction of sp³-hybridized carbons (Fsp3) is 0.556. The van der Waals surface area contributed by atoms with Gasteiger partial charge in [0.15, 0.2) is 0 Å². The van der Waals surface area contributed by atoms with Crippen molar-refractivity contribution in [2.45, 2.75) is 130 Å². The van der Waals surface area contributed by atoms with Crippen LogP contribution in [0.3, 0.4) is 0 Å². The van der Waals surface area contributed by atoms with Crippen molar-refractivity contribution in [3.8, 4) is 0 Å². The topological polar surface area (TPSA) is 36.4 Å². The van der Waals surface area contributed by atoms with Gasteiger partial charge in [-0.25, -0.2) is 0 Å². The first-order chi connectivity index (χ1) is 18.7. The maximum Gasteiger partial charge on any atom is 0.303 e. The summed E-state index contributed by atoms with van der Waals surface area (Å²) in [4.78, 5) is 3.41. The molecule has 0 aliphatic heterocycles. The SMILES string of the molecule is CCCCCCCCc1ccc(C(=C(CCCCCC)C(=C=[N+]=[N-])CCCC)c2cccc(CC)c2)cc1. The standard InChI is InChI=1S/C36H52N2/c1-5-9-12-14-15-16-19-31-24-26-32(27-25-31)36(33-22-18-20-30(8-4)28-33)35(23-17-13-10-6-2)34(29-38-37)21-11-7-3/h18,20,22,24-28H,5-17,19,21,23H2,1-4H3. The van der Waals surface area contributed by atoms with E-state index in [0.29, 0.717) is 0 Å². The van der Waals surface area contributed by atoms with Crippen molar-refractivity contribution in [1.29, 1.82) is 0 Å². The van der Waals surface area contributed by atoms with Gasteiger partial charge in [-0.3, -0.25) is 0 Å². The van der Waals surface area contributed by atoms with Gasteiger partial charge in [0.1, 0.15) is 0 Å². The van der Waals surface area contributed by atoms with Crippen molar-refractivity contribution in [2.75, 3.05) is 0 Å². The Kier molecular flexibility index (Phi) is 16.1. The van der Waals surface area contributed by atoms with Crippen LogP contribution in [0, 0.1) is 0 Å². The van der Waals surface area contributed by atoms with Crippen molar-refractivity contribution in [2.24, 2.45) is 0 Å². The maximum absolute atomic E-state index is 9.56. The Morgan fingerprint density at radius 2 is 1.32 bits per heavy atom. The molecule has 2 rings (SSSR count). The lowest BCUT2D eigenvalue weighted by atomic mass is 9.84. The predicted octanol–water partition coefficient (Wildman–Crippen LogP) is 10.9. The minimum absolute atomic E-state index is 0.886. The largest absolute Gasteiger partial charge is 0.348 e. The summed E-state index contributed by atoms with van der Waals surface area (Å²) < 4.78 is 0. The van der Waals surface area contributed by atoms with E-state index in [9.17, 15) is 5.53 Å². The molecular weight excluding hydrogens is 460 g/mol. The first-order valence-electron chi connectivity index (χ1n) is 15.6. The molecule has 0 amide bonds. The number of nitrogens with zero attached hydrogens (tertiary/aromatic N) is 2. The number of benzene rings is 2. The Morgan fingerprint density at radius 1 is 0.658 bits per heavy atom. The van der Waals surface area contributed by atoms with Crippen LogP contribution in [0.5, 0.6) is 0 Å². The van der Waals surface area contributed by atoms with Crippen LogP contribution < -0.4 is 0 Å². The Hall–Kier alpha value is -2.66. The molecular formula is C36H52N2. The van der Waals surface area contributed by atoms with Gasteiger partial charge in [0.05, 0.1) is 5.57 Å². The van der Waals surface area contributed by atoms with Crippen LogP contribution in [0.4, 0.5) is 0 Å². The molecule has 0 fully saturated rings. The lowest BCUT2D eigenvalue weighted by Gasteiger charge is -2.18. The highest BCUT2D eigenvalue weighted by Crippen LogP contribution is 2.35. The molecule has 0 unspecified atom stereocenters. The third kappa shape index (κ3) is 11.0. The molecule has 0 atom stereocenters. The Morgan fingerprint density at radius 3 is 1.97 bits per heavy atom. The van der Waals surface area contributed by atoms with Gasteiger partial charge >= 0.3 is 5.87 Å². The first kappa shape index (κ1) is 31.6. The monoisotopic (exact) mass is 512 g/mol. The number of aryl methyl sites for hydroxylation is 2. The average Bonchev–Trinajstić information content (AvgIpc) is 2.95. The van der Waals surface area contributed by atoms with Crippen LogP contribution in [0.2, 0.25) is 0 Å². The summed E-state index contributed by atoms with van der Waals surface area (Å²) in [5, 5.41) is 0. The molecule has 206 valence electrons. The summed E-state index contributed by atoms with van der Waals surface area (Å²) in [7, 11) is 0. The van der Waals surface area contributed by atoms with E-state index in [1.54, 1.807) is 0 Å². The van der Waals surface area contributed by atoms with Crippen molar-refractivity contribution in [3.05, 3.63) is 87.5 Å². The second-order valence-electron chi connectivity index (χ2n) is 10.7. The minimum atomic E-state index is 0.886. The zero-order chi connectivity index (χ0) is 27.4. The fourth-order valence-corrected chi connectivity index (χ4v) is 5.25. The molecule has 0 aliphatic carbocycles. The van der Waals surface area contributed by atoms with Crippen LogP contribution in [0.1, 0.15) is 140 Å². The second-order valence-corrected chi connectivity index (χ2v) is 10.7. The highest BCUT2D eigenvalue weighted by molar-refractivity contribution is 5.87. The summed E-state index contributed by atoms with van der Waals surface area (Å²) in [6.07, 6.45) is 19.0. The van der Waals surface area contributed by atoms with Gasteiger partial charge in [0, 0.05) is 0 Å². The van der Waals surface area contributed by atoms with E-state index in [-0.39, 0.29) is 0 Å². The normalized spacial score (nSPS) is 11.6. The lowest BCUT2D eigenvalue weighted by molar-refractivity contribution is 0.00739. The number of hydrogen-bond acceptors (Lipinski definition) is 0. The van der Waals surface area contributed by atoms with E-state index in [1.165, 1.54) is 91.2 Å². The molecule has 38 heavy (non-hydrogen) atoms. The number of rotatable bonds is 19. The Balaban J connectivity index is 2.51. The highest BCUT2D eigenvalue weighted by atomic mass is 14.8. The molecule has 2 heteroatoms. The minimum Gasteiger partial charge on any atom is -0.348 e. The van der Waals surface area contributed by atoms with E-state index in [4.69, 9.17) is 0 Å². The summed E-state index contributed by atoms with van der Waals surface area (Å²) in [6.45, 7) is 8.97. The fourth-order valence-electron chi connectivity index (χ4n) is 5.25. The van der Waals surface area contributed by atoms with E-state index >= 15 is 0 Å². The van der Waals surface area contributed by atoms with Crippen LogP contribution >= 0.6 is 0 Å². The molecule has 2 aromatic rings. The average molecular weight is 513 g/mol. The van der Waals surface area contributed by atoms with Crippen LogP contribution in [0.25, 0.3) is 11.1 Å². The third-order valence-corrected chi connectivity index (χ3v) is 7.60. The molecule has 0 aromatic heterocycles. The molecule has 0 aliphatic rings. The maximum atomic E-state index is 9.56. The van der Waals surface area contributed by atoms with Gasteiger partial charge in [-0.15, -0.1) is 4.79 Å². The lowest BCUT2D eigenvalue weighted by Crippen LogP contribution is -2.02. The van der Waals surface area contributed by atoms with Crippen LogP contribution in [-0.2, 0) is 12.8 Å². The van der Waals surface area contributed by atoms with Crippen LogP contribution in [-0.4, -0.2) is 10.7 Å². The smallest absolute Gasteiger partial charge is 0.303 e. The van der Waals surface area contributed by atoms with Crippen molar-refractivity contribution in [3.63, 3.8) is 0 Å². The van der Waals surface area contributed by atoms with Gasteiger partial charge in [0.25, 0.3) is 0 Å². The summed E-state index contributed by atoms with van der Waals surface area (Å²) >= 11 is 0. The number of allylic oxidation sites excluding steroid dienone is 2. The number of unbranched alkanes of at least 4 members (excludes halogenated alkanes) is 9. The summed E-state index contributed by atoms with van der Waals surface area (Å²) in [5.41, 5.74) is 18.5. The van der Waals surface area contributed by atoms with E-state index < -0.39 is 0 Å². The third-order valence-electron chi connectivity index (χ3n) is 7.60. The zero-order valence-electron chi connectivity index (χ0n) is 24.8. The molecule has 0 N–H and O–H groups in total. The molecule has 2 aromatic carbocycles. The molecule has 0 heterocycles. The van der Waals surface area contributed by atoms with E-state index in [1.807, 2.05) is 0 Å². The summed E-state index contributed by atoms with van der Waals surface area (Å²) in [6, 6.07) is 18.3. The predicted molar refractivity (Wildman–Crippen MR) is 166 cm³/mol. The van der Waals surface area contributed by atoms with E-state index in [2.05, 4.69) is 86.9 Å². The molecule has 0 saturated carbocycles. The molecule has 2 nitrogen and oxygen atoms in total. The van der Waals surface area contributed by atoms with Crippen molar-refractivity contribution in [1.82, 2.24) is 0 Å². The highest BCUT2D eigenvalue weighted by Gasteiger charge is 2.18. The number of hydrogen-bond donors (Lipinski definition) is 0. The van der Waals surface area contributed by atoms with Gasteiger partial charge in [-0.1, -0.05) is 134 Å². The van der Waals surface area contributed by atoms with E-state index in [0.717, 1.165) is 50.5 Å². The molecule has 0 radical (unpaired) electrons. The second kappa shape index (κ2) is 19.4. The van der Waals surface area contributed by atoms with Crippen molar-refractivity contribution >= 4 is 11.4 Å². The molecule has 0 saturated heterocycles. The van der Waals surface area contributed by atoms with Gasteiger partial charge < -0.3 is 5.53 Å². The Labute approximate surface area is 233 Å². The van der Waals surface area contributed by atoms with Crippen LogP contribution in [0.15, 0.2) is 59.7 Å². The summed E-state index contributed by atoms with van der Waals surface area (Å²) in [5.74, 6) is 3.01. The quantitative estimate of drug-likeness (QED) is 0.0590. The molecule has 0 spiro atoms. The van der Waals surface area contributed by atoms with Gasteiger partial charge in [-0.05, 0) is 78.3 Å². The van der Waals surface area contributed by atoms with Gasteiger partial charge in [0.2, 0.25) is 0 Å². The van der Waals surface area contributed by atoms with Gasteiger partial charge in [-0.2, -0.15) is 0 Å². The van der Waals surface area contributed by atoms with Crippen molar-refractivity contribution < 1.29 is 4.79 Å². The first-order valence-corrected chi connectivity index (χ1v) is 15.6. The molecule has 0 bridgehead atoms.